The van der Waals surface area contributed by atoms with E-state index in [0.717, 1.165) is 19.4 Å². The van der Waals surface area contributed by atoms with Gasteiger partial charge in [-0.15, -0.1) is 5.10 Å². The summed E-state index contributed by atoms with van der Waals surface area (Å²) < 4.78 is 1.53. The Labute approximate surface area is 116 Å². The fourth-order valence-electron chi connectivity index (χ4n) is 2.45. The van der Waals surface area contributed by atoms with E-state index in [9.17, 15) is 9.59 Å². The van der Waals surface area contributed by atoms with Crippen molar-refractivity contribution in [2.24, 2.45) is 0 Å². The monoisotopic (exact) mass is 279 g/mol. The van der Waals surface area contributed by atoms with Crippen molar-refractivity contribution in [2.75, 3.05) is 19.6 Å². The van der Waals surface area contributed by atoms with Crippen LogP contribution in [0.1, 0.15) is 36.3 Å². The topological polar surface area (TPSA) is 91.6 Å². The van der Waals surface area contributed by atoms with E-state index in [-0.39, 0.29) is 17.8 Å². The number of aromatic carboxylic acids is 1. The number of carboxylic acid groups (broad SMARTS) is 1. The Bertz CT molecular complexity index is 533. The van der Waals surface area contributed by atoms with Gasteiger partial charge in [-0.25, -0.2) is 14.3 Å². The molecule has 0 atom stereocenters. The molecule has 1 aromatic rings. The first-order valence-electron chi connectivity index (χ1n) is 6.80. The number of carbonyl (C=O) groups is 2. The summed E-state index contributed by atoms with van der Waals surface area (Å²) in [7, 11) is 0. The van der Waals surface area contributed by atoms with Crippen LogP contribution >= 0.6 is 0 Å². The van der Waals surface area contributed by atoms with Crippen LogP contribution in [-0.4, -0.2) is 67.6 Å². The molecule has 1 aliphatic carbocycles. The lowest BCUT2D eigenvalue weighted by atomic mass is 10.1. The van der Waals surface area contributed by atoms with Gasteiger partial charge in [-0.1, -0.05) is 5.21 Å². The number of carboxylic acids is 1. The quantitative estimate of drug-likeness (QED) is 0.863. The minimum Gasteiger partial charge on any atom is -0.476 e. The van der Waals surface area contributed by atoms with Crippen LogP contribution in [0.15, 0.2) is 6.20 Å². The lowest BCUT2D eigenvalue weighted by molar-refractivity contribution is 0.0689. The molecular weight excluding hydrogens is 262 g/mol. The number of hydrogen-bond donors (Lipinski definition) is 1. The van der Waals surface area contributed by atoms with E-state index in [2.05, 4.69) is 10.3 Å². The second-order valence-corrected chi connectivity index (χ2v) is 5.25. The first kappa shape index (κ1) is 12.9. The smallest absolute Gasteiger partial charge is 0.358 e. The number of aromatic nitrogens is 3. The Kier molecular flexibility index (Phi) is 3.07. The van der Waals surface area contributed by atoms with Gasteiger partial charge in [0.25, 0.3) is 0 Å². The Morgan fingerprint density at radius 1 is 1.45 bits per heavy atom. The van der Waals surface area contributed by atoms with Crippen LogP contribution in [0.4, 0.5) is 4.79 Å². The van der Waals surface area contributed by atoms with Crippen molar-refractivity contribution in [3.05, 3.63) is 11.9 Å². The van der Waals surface area contributed by atoms with Crippen LogP contribution in [0.5, 0.6) is 0 Å². The summed E-state index contributed by atoms with van der Waals surface area (Å²) in [6.07, 6.45) is 3.61. The number of likely N-dealkylation sites (tertiary alicyclic amines) is 1. The summed E-state index contributed by atoms with van der Waals surface area (Å²) in [5, 5.41) is 16.2. The molecule has 1 saturated carbocycles. The zero-order valence-electron chi connectivity index (χ0n) is 11.3. The maximum Gasteiger partial charge on any atom is 0.358 e. The van der Waals surface area contributed by atoms with Crippen LogP contribution in [-0.2, 0) is 0 Å². The standard InChI is InChI=1S/C12H17N5O3/c1-2-16(8-3-4-8)12(20)15-5-9(6-15)17-7-10(11(18)19)13-14-17/h7-9H,2-6H2,1H3,(H,18,19). The highest BCUT2D eigenvalue weighted by Crippen LogP contribution is 2.30. The van der Waals surface area contributed by atoms with E-state index >= 15 is 0 Å². The maximum absolute atomic E-state index is 12.2. The Morgan fingerprint density at radius 3 is 2.65 bits per heavy atom. The molecule has 1 aromatic heterocycles. The van der Waals surface area contributed by atoms with Crippen molar-refractivity contribution in [3.8, 4) is 0 Å². The molecule has 2 amide bonds. The number of hydrogen-bond acceptors (Lipinski definition) is 4. The summed E-state index contributed by atoms with van der Waals surface area (Å²) >= 11 is 0. The number of rotatable bonds is 4. The fourth-order valence-corrected chi connectivity index (χ4v) is 2.45. The van der Waals surface area contributed by atoms with E-state index in [1.165, 1.54) is 10.9 Å². The molecule has 2 aliphatic rings. The summed E-state index contributed by atoms with van der Waals surface area (Å²) in [5.74, 6) is -1.09. The molecule has 1 saturated heterocycles. The molecule has 3 rings (SSSR count). The SMILES string of the molecule is CCN(C(=O)N1CC(n2cc(C(=O)O)nn2)C1)C1CC1. The molecule has 8 nitrogen and oxygen atoms in total. The average Bonchev–Trinajstić information content (AvgIpc) is 3.05. The molecule has 0 aromatic carbocycles. The zero-order chi connectivity index (χ0) is 14.3. The zero-order valence-corrected chi connectivity index (χ0v) is 11.3. The maximum atomic E-state index is 12.2. The highest BCUT2D eigenvalue weighted by Gasteiger charge is 2.39. The van der Waals surface area contributed by atoms with Crippen LogP contribution in [0.3, 0.4) is 0 Å². The lowest BCUT2D eigenvalue weighted by Crippen LogP contribution is -2.55. The van der Waals surface area contributed by atoms with Crippen molar-refractivity contribution < 1.29 is 14.7 Å². The van der Waals surface area contributed by atoms with Crippen LogP contribution in [0, 0.1) is 0 Å². The molecule has 108 valence electrons. The van der Waals surface area contributed by atoms with Gasteiger partial charge in [0.15, 0.2) is 5.69 Å². The van der Waals surface area contributed by atoms with Crippen molar-refractivity contribution in [1.29, 1.82) is 0 Å². The third-order valence-electron chi connectivity index (χ3n) is 3.81. The van der Waals surface area contributed by atoms with Crippen molar-refractivity contribution in [2.45, 2.75) is 31.8 Å². The van der Waals surface area contributed by atoms with Gasteiger partial charge in [0.1, 0.15) is 0 Å². The lowest BCUT2D eigenvalue weighted by Gasteiger charge is -2.41. The van der Waals surface area contributed by atoms with Gasteiger partial charge in [0.05, 0.1) is 12.2 Å². The van der Waals surface area contributed by atoms with Crippen LogP contribution in [0.25, 0.3) is 0 Å². The first-order chi connectivity index (χ1) is 9.60. The van der Waals surface area contributed by atoms with Gasteiger partial charge in [-0.2, -0.15) is 0 Å². The molecular formula is C12H17N5O3. The van der Waals surface area contributed by atoms with Gasteiger partial charge in [0.2, 0.25) is 0 Å². The third kappa shape index (κ3) is 2.21. The molecule has 20 heavy (non-hydrogen) atoms. The molecule has 2 fully saturated rings. The predicted octanol–water partition coefficient (Wildman–Crippen LogP) is 0.437. The summed E-state index contributed by atoms with van der Waals surface area (Å²) in [4.78, 5) is 26.7. The molecule has 0 unspecified atom stereocenters. The van der Waals surface area contributed by atoms with Crippen molar-refractivity contribution in [3.63, 3.8) is 0 Å². The molecule has 2 heterocycles. The predicted molar refractivity (Wildman–Crippen MR) is 68.4 cm³/mol. The van der Waals surface area contributed by atoms with Crippen molar-refractivity contribution in [1.82, 2.24) is 24.8 Å². The van der Waals surface area contributed by atoms with Gasteiger partial charge in [-0.05, 0) is 19.8 Å². The second kappa shape index (κ2) is 4.77. The number of carbonyl (C=O) groups excluding carboxylic acids is 1. The second-order valence-electron chi connectivity index (χ2n) is 5.25. The van der Waals surface area contributed by atoms with Gasteiger partial charge < -0.3 is 14.9 Å². The van der Waals surface area contributed by atoms with E-state index in [1.54, 1.807) is 4.90 Å². The third-order valence-corrected chi connectivity index (χ3v) is 3.81. The van der Waals surface area contributed by atoms with E-state index in [0.29, 0.717) is 19.1 Å². The Morgan fingerprint density at radius 2 is 2.15 bits per heavy atom. The van der Waals surface area contributed by atoms with Gasteiger partial charge >= 0.3 is 12.0 Å². The molecule has 1 N–H and O–H groups in total. The molecule has 1 aliphatic heterocycles. The highest BCUT2D eigenvalue weighted by atomic mass is 16.4. The van der Waals surface area contributed by atoms with E-state index in [1.807, 2.05) is 11.8 Å². The number of urea groups is 1. The Hall–Kier alpha value is -2.12. The molecule has 0 bridgehead atoms. The van der Waals surface area contributed by atoms with E-state index < -0.39 is 5.97 Å². The fraction of sp³-hybridized carbons (Fsp3) is 0.667. The number of nitrogens with zero attached hydrogens (tertiary/aromatic N) is 5. The molecule has 8 heteroatoms. The highest BCUT2D eigenvalue weighted by molar-refractivity contribution is 5.84. The number of amides is 2. The Balaban J connectivity index is 1.57. The minimum absolute atomic E-state index is 0.0254. The minimum atomic E-state index is -1.09. The summed E-state index contributed by atoms with van der Waals surface area (Å²) in [6, 6.07) is 0.513. The van der Waals surface area contributed by atoms with Crippen LogP contribution < -0.4 is 0 Å². The van der Waals surface area contributed by atoms with Crippen molar-refractivity contribution >= 4 is 12.0 Å². The summed E-state index contributed by atoms with van der Waals surface area (Å²) in [5.41, 5.74) is -0.0667. The summed E-state index contributed by atoms with van der Waals surface area (Å²) in [6.45, 7) is 3.84. The van der Waals surface area contributed by atoms with Gasteiger partial charge in [-0.3, -0.25) is 0 Å². The molecule has 0 radical (unpaired) electrons. The van der Waals surface area contributed by atoms with Gasteiger partial charge in [0, 0.05) is 25.7 Å². The molecule has 0 spiro atoms. The van der Waals surface area contributed by atoms with E-state index in [4.69, 9.17) is 5.11 Å². The normalized spacial score (nSPS) is 18.8. The first-order valence-corrected chi connectivity index (χ1v) is 6.80. The largest absolute Gasteiger partial charge is 0.476 e. The average molecular weight is 279 g/mol. The van der Waals surface area contributed by atoms with Crippen LogP contribution in [0.2, 0.25) is 0 Å².